The highest BCUT2D eigenvalue weighted by molar-refractivity contribution is 6.06. The number of nitrogens with one attached hydrogen (secondary N) is 4. The number of fused-ring (bicyclic) bond motifs is 1. The Balaban J connectivity index is 1.76. The molecule has 1 aliphatic rings. The Kier molecular flexibility index (Phi) is 7.71. The van der Waals surface area contributed by atoms with E-state index in [1.807, 2.05) is 6.92 Å². The Labute approximate surface area is 194 Å². The zero-order chi connectivity index (χ0) is 24.8. The van der Waals surface area contributed by atoms with Gasteiger partial charge in [0.15, 0.2) is 5.82 Å². The normalized spacial score (nSPS) is 17.3. The number of aromatic amines is 1. The van der Waals surface area contributed by atoms with Gasteiger partial charge in [-0.25, -0.2) is 9.78 Å². The number of hydrogen-bond acceptors (Lipinski definition) is 8. The molecule has 4 amide bonds. The second-order valence-electron chi connectivity index (χ2n) is 8.00. The molecule has 3 unspecified atom stereocenters. The van der Waals surface area contributed by atoms with E-state index in [0.717, 1.165) is 0 Å². The maximum Gasteiger partial charge on any atom is 0.405 e. The van der Waals surface area contributed by atoms with Crippen molar-refractivity contribution < 1.29 is 24.3 Å². The number of H-pyrrole nitrogens is 1. The third-order valence-electron chi connectivity index (χ3n) is 5.67. The summed E-state index contributed by atoms with van der Waals surface area (Å²) in [6, 6.07) is 0.506. The summed E-state index contributed by atoms with van der Waals surface area (Å²) in [6.45, 7) is 5.05. The van der Waals surface area contributed by atoms with E-state index in [9.17, 15) is 19.2 Å². The van der Waals surface area contributed by atoms with Crippen LogP contribution in [0.25, 0.3) is 0 Å². The van der Waals surface area contributed by atoms with Crippen LogP contribution in [0.4, 0.5) is 10.6 Å². The summed E-state index contributed by atoms with van der Waals surface area (Å²) in [4.78, 5) is 55.8. The van der Waals surface area contributed by atoms with E-state index in [-0.39, 0.29) is 24.7 Å². The molecule has 4 atom stereocenters. The van der Waals surface area contributed by atoms with Crippen molar-refractivity contribution in [3.63, 3.8) is 0 Å². The fourth-order valence-corrected chi connectivity index (χ4v) is 3.67. The summed E-state index contributed by atoms with van der Waals surface area (Å²) in [5.74, 6) is -1.31. The monoisotopic (exact) mass is 473 g/mol. The largest absolute Gasteiger partial charge is 0.465 e. The third-order valence-corrected chi connectivity index (χ3v) is 5.67. The molecule has 5 N–H and O–H groups in total. The first-order chi connectivity index (χ1) is 16.2. The number of hydrogen-bond donors (Lipinski definition) is 5. The number of tetrazole rings is 1. The molecule has 182 valence electrons. The average molecular weight is 473 g/mol. The van der Waals surface area contributed by atoms with E-state index in [2.05, 4.69) is 41.6 Å². The minimum atomic E-state index is -1.34. The Morgan fingerprint density at radius 1 is 1.26 bits per heavy atom. The van der Waals surface area contributed by atoms with Gasteiger partial charge in [0.25, 0.3) is 5.91 Å². The van der Waals surface area contributed by atoms with Gasteiger partial charge in [-0.1, -0.05) is 31.5 Å². The van der Waals surface area contributed by atoms with Crippen LogP contribution >= 0.6 is 0 Å². The summed E-state index contributed by atoms with van der Waals surface area (Å²) < 4.78 is 0. The van der Waals surface area contributed by atoms with Crippen LogP contribution in [0.1, 0.15) is 38.6 Å². The molecule has 34 heavy (non-hydrogen) atoms. The second-order valence-corrected chi connectivity index (χ2v) is 8.00. The lowest BCUT2D eigenvalue weighted by atomic mass is 9.98. The quantitative estimate of drug-likeness (QED) is 0.314. The molecule has 0 fully saturated rings. The van der Waals surface area contributed by atoms with Crippen molar-refractivity contribution in [1.29, 1.82) is 0 Å². The van der Waals surface area contributed by atoms with Crippen molar-refractivity contribution in [3.05, 3.63) is 29.7 Å². The van der Waals surface area contributed by atoms with E-state index in [1.165, 1.54) is 18.0 Å². The zero-order valence-electron chi connectivity index (χ0n) is 19.0. The van der Waals surface area contributed by atoms with Crippen LogP contribution in [0.3, 0.4) is 0 Å². The van der Waals surface area contributed by atoms with Crippen molar-refractivity contribution >= 4 is 29.6 Å². The van der Waals surface area contributed by atoms with Crippen molar-refractivity contribution in [2.75, 3.05) is 4.90 Å². The minimum absolute atomic E-state index is 0.0152. The Bertz CT molecular complexity index is 1040. The summed E-state index contributed by atoms with van der Waals surface area (Å²) in [5, 5.41) is 29.8. The van der Waals surface area contributed by atoms with Crippen molar-refractivity contribution in [1.82, 2.24) is 41.6 Å². The van der Waals surface area contributed by atoms with Gasteiger partial charge < -0.3 is 21.1 Å². The number of anilines is 1. The molecular formula is C20H27N9O5. The SMILES string of the molecule is CC[C@H](C)C(NC(=O)O)C(=O)NC(C)C(=O)N1c2ncccc2CC1C(=O)NCc1nn[nH]n1. The maximum absolute atomic E-state index is 13.4. The van der Waals surface area contributed by atoms with Gasteiger partial charge in [0.2, 0.25) is 11.8 Å². The van der Waals surface area contributed by atoms with Crippen LogP contribution < -0.4 is 20.9 Å². The molecule has 0 saturated carbocycles. The summed E-state index contributed by atoms with van der Waals surface area (Å²) in [5.41, 5.74) is 0.708. The average Bonchev–Trinajstić information content (AvgIpc) is 3.47. The predicted octanol–water partition coefficient (Wildman–Crippen LogP) is -0.644. The number of rotatable bonds is 9. The van der Waals surface area contributed by atoms with Gasteiger partial charge >= 0.3 is 6.09 Å². The maximum atomic E-state index is 13.4. The third kappa shape index (κ3) is 5.44. The van der Waals surface area contributed by atoms with Crippen LogP contribution in [0, 0.1) is 5.92 Å². The molecule has 0 bridgehead atoms. The van der Waals surface area contributed by atoms with E-state index in [4.69, 9.17) is 5.11 Å². The highest BCUT2D eigenvalue weighted by atomic mass is 16.4. The van der Waals surface area contributed by atoms with Crippen LogP contribution in [0.2, 0.25) is 0 Å². The first-order valence-electron chi connectivity index (χ1n) is 10.8. The molecule has 3 heterocycles. The first kappa shape index (κ1) is 24.5. The number of pyridine rings is 1. The van der Waals surface area contributed by atoms with Gasteiger partial charge in [-0.2, -0.15) is 5.21 Å². The van der Waals surface area contributed by atoms with Gasteiger partial charge in [0, 0.05) is 12.6 Å². The number of carbonyl (C=O) groups excluding carboxylic acids is 3. The lowest BCUT2D eigenvalue weighted by molar-refractivity contribution is -0.130. The molecule has 2 aromatic rings. The standard InChI is InChI=1S/C20H27N9O5/c1-4-10(2)15(24-20(33)34)18(31)23-11(3)19(32)29-13(8-12-6-5-7-21-16(12)29)17(30)22-9-14-25-27-28-26-14/h5-7,10-11,13,15,24H,4,8-9H2,1-3H3,(H,22,30)(H,23,31)(H,33,34)(H,25,26,27,28)/t10-,11?,13?,15?/m0/s1. The van der Waals surface area contributed by atoms with Crippen molar-refractivity contribution in [3.8, 4) is 0 Å². The zero-order valence-corrected chi connectivity index (χ0v) is 19.0. The molecular weight excluding hydrogens is 446 g/mol. The topological polar surface area (TPSA) is 195 Å². The van der Waals surface area contributed by atoms with Crippen LogP contribution in [-0.2, 0) is 27.3 Å². The fourth-order valence-electron chi connectivity index (χ4n) is 3.67. The molecule has 14 heteroatoms. The number of carbonyl (C=O) groups is 4. The highest BCUT2D eigenvalue weighted by Crippen LogP contribution is 2.30. The summed E-state index contributed by atoms with van der Waals surface area (Å²) >= 11 is 0. The molecule has 0 aliphatic carbocycles. The van der Waals surface area contributed by atoms with E-state index < -0.39 is 41.9 Å². The molecule has 14 nitrogen and oxygen atoms in total. The Morgan fingerprint density at radius 2 is 2.03 bits per heavy atom. The van der Waals surface area contributed by atoms with E-state index in [1.54, 1.807) is 19.1 Å². The molecule has 0 spiro atoms. The van der Waals surface area contributed by atoms with Gasteiger partial charge in [-0.3, -0.25) is 19.3 Å². The summed E-state index contributed by atoms with van der Waals surface area (Å²) in [6.07, 6.45) is 0.962. The highest BCUT2D eigenvalue weighted by Gasteiger charge is 2.41. The number of nitrogens with zero attached hydrogens (tertiary/aromatic N) is 5. The number of carboxylic acid groups (broad SMARTS) is 1. The van der Waals surface area contributed by atoms with Crippen LogP contribution in [-0.4, -0.2) is 72.7 Å². The molecule has 0 radical (unpaired) electrons. The van der Waals surface area contributed by atoms with E-state index >= 15 is 0 Å². The van der Waals surface area contributed by atoms with Gasteiger partial charge in [-0.05, 0) is 24.5 Å². The lowest BCUT2D eigenvalue weighted by Gasteiger charge is -2.28. The van der Waals surface area contributed by atoms with Crippen molar-refractivity contribution in [2.24, 2.45) is 5.92 Å². The Hall–Kier alpha value is -4.10. The molecule has 2 aromatic heterocycles. The van der Waals surface area contributed by atoms with Gasteiger partial charge in [-0.15, -0.1) is 10.2 Å². The van der Waals surface area contributed by atoms with E-state index in [0.29, 0.717) is 17.8 Å². The van der Waals surface area contributed by atoms with Crippen LogP contribution in [0.15, 0.2) is 18.3 Å². The number of aromatic nitrogens is 5. The Morgan fingerprint density at radius 3 is 2.68 bits per heavy atom. The molecule has 3 rings (SSSR count). The first-order valence-corrected chi connectivity index (χ1v) is 10.8. The second kappa shape index (κ2) is 10.7. The van der Waals surface area contributed by atoms with Gasteiger partial charge in [0.1, 0.15) is 23.9 Å². The van der Waals surface area contributed by atoms with Crippen LogP contribution in [0.5, 0.6) is 0 Å². The minimum Gasteiger partial charge on any atom is -0.465 e. The number of amides is 4. The molecule has 1 aliphatic heterocycles. The fraction of sp³-hybridized carbons (Fsp3) is 0.500. The molecule has 0 saturated heterocycles. The van der Waals surface area contributed by atoms with Crippen molar-refractivity contribution in [2.45, 2.75) is 58.3 Å². The smallest absolute Gasteiger partial charge is 0.405 e. The molecule has 0 aromatic carbocycles. The summed E-state index contributed by atoms with van der Waals surface area (Å²) in [7, 11) is 0. The lowest BCUT2D eigenvalue weighted by Crippen LogP contribution is -2.57. The van der Waals surface area contributed by atoms with Gasteiger partial charge in [0.05, 0.1) is 6.54 Å². The predicted molar refractivity (Wildman–Crippen MR) is 117 cm³/mol.